The largest absolute Gasteiger partial charge is 0.342 e. The fraction of sp³-hybridized carbons (Fsp3) is 0.0690. The summed E-state index contributed by atoms with van der Waals surface area (Å²) in [6, 6.07) is 31.4. The predicted octanol–water partition coefficient (Wildman–Crippen LogP) is 6.67. The Morgan fingerprint density at radius 2 is 1.52 bits per heavy atom. The monoisotopic (exact) mass is 399 g/mol. The number of benzene rings is 4. The fourth-order valence-electron chi connectivity index (χ4n) is 4.79. The van der Waals surface area contributed by atoms with Crippen LogP contribution < -0.4 is 0 Å². The molecule has 0 bridgehead atoms. The van der Waals surface area contributed by atoms with Gasteiger partial charge in [0.15, 0.2) is 5.78 Å². The van der Waals surface area contributed by atoms with E-state index in [9.17, 15) is 4.79 Å². The maximum absolute atomic E-state index is 12.9. The maximum Gasteiger partial charge on any atom is 0.189 e. The van der Waals surface area contributed by atoms with Gasteiger partial charge < -0.3 is 4.57 Å². The van der Waals surface area contributed by atoms with E-state index in [-0.39, 0.29) is 5.78 Å². The number of fused-ring (bicyclic) bond motifs is 3. The maximum atomic E-state index is 12.9. The molecule has 1 aliphatic carbocycles. The second kappa shape index (κ2) is 7.10. The minimum absolute atomic E-state index is 0.154. The molecule has 31 heavy (non-hydrogen) atoms. The van der Waals surface area contributed by atoms with E-state index in [2.05, 4.69) is 89.6 Å². The number of allylic oxidation sites excluding steroid dienone is 1. The molecule has 1 heterocycles. The molecule has 2 nitrogen and oxygen atoms in total. The van der Waals surface area contributed by atoms with Crippen LogP contribution in [0.2, 0.25) is 0 Å². The van der Waals surface area contributed by atoms with Gasteiger partial charge in [-0.3, -0.25) is 4.79 Å². The van der Waals surface area contributed by atoms with E-state index in [1.165, 1.54) is 27.2 Å². The molecule has 1 aromatic heterocycles. The Bertz CT molecular complexity index is 1500. The van der Waals surface area contributed by atoms with Crippen LogP contribution in [0.3, 0.4) is 0 Å². The van der Waals surface area contributed by atoms with Gasteiger partial charge in [0.1, 0.15) is 0 Å². The third kappa shape index (κ3) is 3.00. The van der Waals surface area contributed by atoms with E-state index in [0.29, 0.717) is 6.42 Å². The third-order valence-electron chi connectivity index (χ3n) is 6.30. The van der Waals surface area contributed by atoms with Crippen LogP contribution in [0.1, 0.15) is 27.0 Å². The summed E-state index contributed by atoms with van der Waals surface area (Å²) in [7, 11) is 0. The van der Waals surface area contributed by atoms with Gasteiger partial charge in [0, 0.05) is 46.8 Å². The molecule has 0 fully saturated rings. The van der Waals surface area contributed by atoms with Gasteiger partial charge >= 0.3 is 0 Å². The lowest BCUT2D eigenvalue weighted by atomic mass is 10.0. The van der Waals surface area contributed by atoms with Crippen LogP contribution in [-0.2, 0) is 13.0 Å². The van der Waals surface area contributed by atoms with Crippen LogP contribution in [0.4, 0.5) is 0 Å². The van der Waals surface area contributed by atoms with Crippen LogP contribution in [0.15, 0.2) is 103 Å². The first-order chi connectivity index (χ1) is 15.3. The van der Waals surface area contributed by atoms with Gasteiger partial charge in [-0.2, -0.15) is 0 Å². The Balaban J connectivity index is 1.45. The Kier molecular flexibility index (Phi) is 4.10. The van der Waals surface area contributed by atoms with E-state index in [1.807, 2.05) is 18.2 Å². The first-order valence-corrected chi connectivity index (χ1v) is 10.7. The van der Waals surface area contributed by atoms with Crippen molar-refractivity contribution in [3.63, 3.8) is 0 Å². The molecule has 0 N–H and O–H groups in total. The molecule has 0 saturated carbocycles. The lowest BCUT2D eigenvalue weighted by Crippen LogP contribution is -1.98. The minimum Gasteiger partial charge on any atom is -0.342 e. The van der Waals surface area contributed by atoms with Crippen LogP contribution in [0.25, 0.3) is 27.8 Å². The summed E-state index contributed by atoms with van der Waals surface area (Å²) in [6.45, 7) is 0.791. The highest BCUT2D eigenvalue weighted by molar-refractivity contribution is 6.16. The molecule has 0 atom stereocenters. The molecule has 0 unspecified atom stereocenters. The second-order valence-electron chi connectivity index (χ2n) is 8.20. The highest BCUT2D eigenvalue weighted by atomic mass is 16.1. The third-order valence-corrected chi connectivity index (χ3v) is 6.30. The molecule has 6 rings (SSSR count). The fourth-order valence-corrected chi connectivity index (χ4v) is 4.79. The molecular weight excluding hydrogens is 378 g/mol. The van der Waals surface area contributed by atoms with E-state index in [0.717, 1.165) is 28.8 Å². The molecule has 0 saturated heterocycles. The van der Waals surface area contributed by atoms with Crippen molar-refractivity contribution in [1.82, 2.24) is 4.57 Å². The predicted molar refractivity (Wildman–Crippen MR) is 127 cm³/mol. The zero-order valence-electron chi connectivity index (χ0n) is 17.1. The number of aromatic nitrogens is 1. The molecule has 0 aliphatic heterocycles. The van der Waals surface area contributed by atoms with Crippen molar-refractivity contribution in [1.29, 1.82) is 0 Å². The van der Waals surface area contributed by atoms with Crippen LogP contribution in [0.5, 0.6) is 0 Å². The van der Waals surface area contributed by atoms with Crippen molar-refractivity contribution in [3.05, 3.63) is 125 Å². The number of para-hydroxylation sites is 1. The quantitative estimate of drug-likeness (QED) is 0.311. The van der Waals surface area contributed by atoms with Crippen LogP contribution in [0, 0.1) is 0 Å². The summed E-state index contributed by atoms with van der Waals surface area (Å²) < 4.78 is 2.30. The molecule has 0 spiro atoms. The molecule has 5 aromatic rings. The number of ketones is 1. The number of Topliss-reactive ketones (excluding diaryl/α,β-unsaturated/α-hetero) is 1. The van der Waals surface area contributed by atoms with Gasteiger partial charge in [-0.25, -0.2) is 0 Å². The molecule has 0 amide bonds. The smallest absolute Gasteiger partial charge is 0.189 e. The standard InChI is InChI=1S/C29H21NO/c31-29-23(16-21-9-2-4-14-27(21)29)17-24-19-30(28-15-6-5-13-26(24)28)18-22-11-7-10-20-8-1-3-12-25(20)22/h1-15,17,19H,16,18H2/b23-17+. The van der Waals surface area contributed by atoms with Crippen molar-refractivity contribution in [2.24, 2.45) is 0 Å². The van der Waals surface area contributed by atoms with Gasteiger partial charge in [-0.1, -0.05) is 84.9 Å². The minimum atomic E-state index is 0.154. The van der Waals surface area contributed by atoms with Crippen LogP contribution in [-0.4, -0.2) is 10.4 Å². The van der Waals surface area contributed by atoms with Crippen molar-refractivity contribution in [2.75, 3.05) is 0 Å². The molecule has 2 heteroatoms. The first-order valence-electron chi connectivity index (χ1n) is 10.7. The normalized spacial score (nSPS) is 14.6. The summed E-state index contributed by atoms with van der Waals surface area (Å²) in [4.78, 5) is 12.9. The zero-order valence-corrected chi connectivity index (χ0v) is 17.1. The Hall–Kier alpha value is -3.91. The van der Waals surface area contributed by atoms with Crippen molar-refractivity contribution in [2.45, 2.75) is 13.0 Å². The number of carbonyl (C=O) groups excluding carboxylic acids is 1. The van der Waals surface area contributed by atoms with E-state index >= 15 is 0 Å². The van der Waals surface area contributed by atoms with E-state index < -0.39 is 0 Å². The Labute approximate surface area is 181 Å². The molecule has 4 aromatic carbocycles. The van der Waals surface area contributed by atoms with Crippen LogP contribution >= 0.6 is 0 Å². The van der Waals surface area contributed by atoms with Gasteiger partial charge in [-0.15, -0.1) is 0 Å². The van der Waals surface area contributed by atoms with Gasteiger partial charge in [0.2, 0.25) is 0 Å². The first kappa shape index (κ1) is 17.9. The summed E-state index contributed by atoms with van der Waals surface area (Å²) in [5.74, 6) is 0.154. The van der Waals surface area contributed by atoms with Crippen molar-refractivity contribution in [3.8, 4) is 0 Å². The molecule has 1 aliphatic rings. The lowest BCUT2D eigenvalue weighted by molar-refractivity contribution is 0.104. The van der Waals surface area contributed by atoms with Gasteiger partial charge in [0.25, 0.3) is 0 Å². The molecular formula is C29H21NO. The lowest BCUT2D eigenvalue weighted by Gasteiger charge is -2.09. The Morgan fingerprint density at radius 1 is 0.774 bits per heavy atom. The summed E-state index contributed by atoms with van der Waals surface area (Å²) in [6.07, 6.45) is 4.98. The summed E-state index contributed by atoms with van der Waals surface area (Å²) >= 11 is 0. The van der Waals surface area contributed by atoms with Crippen molar-refractivity contribution >= 4 is 33.5 Å². The van der Waals surface area contributed by atoms with Crippen molar-refractivity contribution < 1.29 is 4.79 Å². The second-order valence-corrected chi connectivity index (χ2v) is 8.20. The number of hydrogen-bond donors (Lipinski definition) is 0. The average Bonchev–Trinajstić information content (AvgIpc) is 3.32. The number of nitrogens with zero attached hydrogens (tertiary/aromatic N) is 1. The number of hydrogen-bond acceptors (Lipinski definition) is 1. The highest BCUT2D eigenvalue weighted by Crippen LogP contribution is 2.31. The molecule has 0 radical (unpaired) electrons. The van der Waals surface area contributed by atoms with Gasteiger partial charge in [0.05, 0.1) is 0 Å². The summed E-state index contributed by atoms with van der Waals surface area (Å²) in [5.41, 5.74) is 6.42. The highest BCUT2D eigenvalue weighted by Gasteiger charge is 2.24. The van der Waals surface area contributed by atoms with E-state index in [4.69, 9.17) is 0 Å². The zero-order chi connectivity index (χ0) is 20.8. The van der Waals surface area contributed by atoms with Gasteiger partial charge in [-0.05, 0) is 34.0 Å². The number of carbonyl (C=O) groups is 1. The average molecular weight is 399 g/mol. The van der Waals surface area contributed by atoms with E-state index in [1.54, 1.807) is 0 Å². The topological polar surface area (TPSA) is 22.0 Å². The number of rotatable bonds is 3. The SMILES string of the molecule is O=C1/C(=C/c2cn(Cc3cccc4ccccc34)c3ccccc23)Cc2ccccc21. The molecule has 148 valence electrons. The summed E-state index contributed by atoms with van der Waals surface area (Å²) in [5, 5.41) is 3.72. The Morgan fingerprint density at radius 3 is 2.42 bits per heavy atom.